The smallest absolute Gasteiger partial charge is 0.416 e. The molecular formula is C23H22F4N4O3. The lowest BCUT2D eigenvalue weighted by atomic mass is 10.1. The lowest BCUT2D eigenvalue weighted by Gasteiger charge is -2.09. The fourth-order valence-corrected chi connectivity index (χ4v) is 3.16. The Hall–Kier alpha value is -3.89. The van der Waals surface area contributed by atoms with Crippen molar-refractivity contribution in [2.24, 2.45) is 0 Å². The molecule has 7 nitrogen and oxygen atoms in total. The standard InChI is InChI=1S/C23H22F4N4O3/c1-3-20-29-19(30-22(33)15-8-16(23(25,26)27)10-17(24)9-15)12-31(20)13-21(32)28-11-14-4-6-18(34-2)7-5-14/h4-10,12H,3,11,13H2,1-2H3,(H,28,32)(H,30,33). The van der Waals surface area contributed by atoms with Crippen LogP contribution in [0.3, 0.4) is 0 Å². The van der Waals surface area contributed by atoms with Gasteiger partial charge in [-0.1, -0.05) is 19.1 Å². The zero-order valence-corrected chi connectivity index (χ0v) is 18.4. The Bertz CT molecular complexity index is 1170. The van der Waals surface area contributed by atoms with Crippen LogP contribution in [0.4, 0.5) is 23.4 Å². The van der Waals surface area contributed by atoms with Crippen LogP contribution in [0, 0.1) is 5.82 Å². The maximum Gasteiger partial charge on any atom is 0.416 e. The number of aryl methyl sites for hydroxylation is 1. The molecule has 0 fully saturated rings. The molecule has 0 bridgehead atoms. The van der Waals surface area contributed by atoms with Crippen molar-refractivity contribution in [3.8, 4) is 5.75 Å². The molecule has 0 aliphatic rings. The summed E-state index contributed by atoms with van der Waals surface area (Å²) >= 11 is 0. The van der Waals surface area contributed by atoms with E-state index in [1.165, 1.54) is 10.8 Å². The van der Waals surface area contributed by atoms with Crippen molar-refractivity contribution < 1.29 is 31.9 Å². The van der Waals surface area contributed by atoms with E-state index in [0.29, 0.717) is 42.7 Å². The summed E-state index contributed by atoms with van der Waals surface area (Å²) in [7, 11) is 1.56. The van der Waals surface area contributed by atoms with Gasteiger partial charge in [0.2, 0.25) is 5.91 Å². The molecule has 0 spiro atoms. The Morgan fingerprint density at radius 3 is 2.44 bits per heavy atom. The largest absolute Gasteiger partial charge is 0.497 e. The number of nitrogens with zero attached hydrogens (tertiary/aromatic N) is 2. The lowest BCUT2D eigenvalue weighted by molar-refractivity contribution is -0.137. The molecule has 1 heterocycles. The minimum Gasteiger partial charge on any atom is -0.497 e. The molecule has 2 aromatic carbocycles. The van der Waals surface area contributed by atoms with Crippen LogP contribution >= 0.6 is 0 Å². The highest BCUT2D eigenvalue weighted by molar-refractivity contribution is 6.03. The van der Waals surface area contributed by atoms with Crippen LogP contribution in [0.5, 0.6) is 5.75 Å². The third kappa shape index (κ3) is 6.33. The second-order valence-electron chi connectivity index (χ2n) is 7.33. The van der Waals surface area contributed by atoms with E-state index in [-0.39, 0.29) is 18.3 Å². The minimum absolute atomic E-state index is 0.0302. The Morgan fingerprint density at radius 1 is 1.12 bits per heavy atom. The molecule has 34 heavy (non-hydrogen) atoms. The molecule has 180 valence electrons. The molecule has 11 heteroatoms. The van der Waals surface area contributed by atoms with Crippen LogP contribution in [0.25, 0.3) is 0 Å². The van der Waals surface area contributed by atoms with Crippen molar-refractivity contribution in [1.29, 1.82) is 0 Å². The van der Waals surface area contributed by atoms with E-state index in [0.717, 1.165) is 5.56 Å². The van der Waals surface area contributed by atoms with Crippen LogP contribution in [-0.4, -0.2) is 28.5 Å². The topological polar surface area (TPSA) is 85.2 Å². The van der Waals surface area contributed by atoms with Gasteiger partial charge in [0.05, 0.1) is 12.7 Å². The van der Waals surface area contributed by atoms with Gasteiger partial charge in [0, 0.05) is 24.7 Å². The summed E-state index contributed by atoms with van der Waals surface area (Å²) in [6, 6.07) is 8.76. The summed E-state index contributed by atoms with van der Waals surface area (Å²) in [5.41, 5.74) is -0.903. The highest BCUT2D eigenvalue weighted by Crippen LogP contribution is 2.30. The quantitative estimate of drug-likeness (QED) is 0.476. The Balaban J connectivity index is 1.66. The van der Waals surface area contributed by atoms with Gasteiger partial charge in [0.1, 0.15) is 23.9 Å². The van der Waals surface area contributed by atoms with Crippen LogP contribution in [-0.2, 0) is 30.5 Å². The Labute approximate surface area is 192 Å². The zero-order valence-electron chi connectivity index (χ0n) is 18.4. The number of aromatic nitrogens is 2. The van der Waals surface area contributed by atoms with Crippen molar-refractivity contribution >= 4 is 17.6 Å². The Kier molecular flexibility index (Phi) is 7.54. The lowest BCUT2D eigenvalue weighted by Crippen LogP contribution is -2.27. The average Bonchev–Trinajstić information content (AvgIpc) is 3.17. The molecule has 0 aliphatic heterocycles. The predicted octanol–water partition coefficient (Wildman–Crippen LogP) is 4.18. The average molecular weight is 478 g/mol. The molecule has 0 unspecified atom stereocenters. The van der Waals surface area contributed by atoms with Gasteiger partial charge in [0.15, 0.2) is 5.82 Å². The highest BCUT2D eigenvalue weighted by Gasteiger charge is 2.32. The number of alkyl halides is 3. The number of amides is 2. The first-order valence-electron chi connectivity index (χ1n) is 10.2. The SMILES string of the molecule is CCc1nc(NC(=O)c2cc(F)cc(C(F)(F)F)c2)cn1CC(=O)NCc1ccc(OC)cc1. The van der Waals surface area contributed by atoms with Crippen molar-refractivity contribution in [3.63, 3.8) is 0 Å². The summed E-state index contributed by atoms with van der Waals surface area (Å²) in [5, 5.41) is 5.13. The molecule has 2 N–H and O–H groups in total. The molecule has 1 aromatic heterocycles. The number of anilines is 1. The first-order valence-corrected chi connectivity index (χ1v) is 10.2. The highest BCUT2D eigenvalue weighted by atomic mass is 19.4. The summed E-state index contributed by atoms with van der Waals surface area (Å²) in [5.74, 6) is -1.24. The number of hydrogen-bond acceptors (Lipinski definition) is 4. The van der Waals surface area contributed by atoms with E-state index in [4.69, 9.17) is 4.74 Å². The zero-order chi connectivity index (χ0) is 24.9. The third-order valence-electron chi connectivity index (χ3n) is 4.87. The van der Waals surface area contributed by atoms with Crippen molar-refractivity contribution in [2.45, 2.75) is 32.6 Å². The van der Waals surface area contributed by atoms with Crippen LogP contribution in [0.1, 0.15) is 34.2 Å². The monoisotopic (exact) mass is 478 g/mol. The van der Waals surface area contributed by atoms with E-state index < -0.39 is 29.0 Å². The van der Waals surface area contributed by atoms with E-state index in [2.05, 4.69) is 15.6 Å². The Morgan fingerprint density at radius 2 is 1.82 bits per heavy atom. The number of hydrogen-bond donors (Lipinski definition) is 2. The molecule has 2 amide bonds. The van der Waals surface area contributed by atoms with E-state index in [1.807, 2.05) is 12.1 Å². The predicted molar refractivity (Wildman–Crippen MR) is 116 cm³/mol. The van der Waals surface area contributed by atoms with Gasteiger partial charge in [-0.05, 0) is 35.9 Å². The number of rotatable bonds is 8. The maximum atomic E-state index is 13.6. The maximum absolute atomic E-state index is 13.6. The number of imidazole rings is 1. The molecule has 0 radical (unpaired) electrons. The normalized spacial score (nSPS) is 11.2. The second-order valence-corrected chi connectivity index (χ2v) is 7.33. The van der Waals surface area contributed by atoms with Crippen molar-refractivity contribution in [2.75, 3.05) is 12.4 Å². The van der Waals surface area contributed by atoms with Crippen LogP contribution in [0.15, 0.2) is 48.7 Å². The number of benzene rings is 2. The summed E-state index contributed by atoms with van der Waals surface area (Å²) in [6.45, 7) is 2.01. The number of carbonyl (C=O) groups is 2. The molecular weight excluding hydrogens is 456 g/mol. The van der Waals surface area contributed by atoms with Gasteiger partial charge in [-0.25, -0.2) is 9.37 Å². The molecule has 0 saturated heterocycles. The number of methoxy groups -OCH3 is 1. The van der Waals surface area contributed by atoms with Gasteiger partial charge in [-0.3, -0.25) is 9.59 Å². The molecule has 3 rings (SSSR count). The molecule has 0 aliphatic carbocycles. The van der Waals surface area contributed by atoms with Gasteiger partial charge < -0.3 is 19.9 Å². The summed E-state index contributed by atoms with van der Waals surface area (Å²) in [6.07, 6.45) is -2.97. The van der Waals surface area contributed by atoms with E-state index >= 15 is 0 Å². The van der Waals surface area contributed by atoms with Gasteiger partial charge in [-0.2, -0.15) is 13.2 Å². The van der Waals surface area contributed by atoms with E-state index in [9.17, 15) is 27.2 Å². The summed E-state index contributed by atoms with van der Waals surface area (Å²) in [4.78, 5) is 29.0. The number of nitrogens with one attached hydrogen (secondary N) is 2. The molecule has 0 saturated carbocycles. The number of halogens is 4. The fourth-order valence-electron chi connectivity index (χ4n) is 3.16. The number of ether oxygens (including phenoxy) is 1. The van der Waals surface area contributed by atoms with Gasteiger partial charge in [-0.15, -0.1) is 0 Å². The molecule has 0 atom stereocenters. The minimum atomic E-state index is -4.80. The third-order valence-corrected chi connectivity index (χ3v) is 4.87. The first kappa shape index (κ1) is 24.7. The second kappa shape index (κ2) is 10.4. The van der Waals surface area contributed by atoms with Crippen molar-refractivity contribution in [3.05, 3.63) is 77.0 Å². The fraction of sp³-hybridized carbons (Fsp3) is 0.261. The summed E-state index contributed by atoms with van der Waals surface area (Å²) < 4.78 is 58.9. The van der Waals surface area contributed by atoms with Gasteiger partial charge in [0.25, 0.3) is 5.91 Å². The first-order chi connectivity index (χ1) is 16.1. The van der Waals surface area contributed by atoms with Gasteiger partial charge >= 0.3 is 6.18 Å². The number of carbonyl (C=O) groups excluding carboxylic acids is 2. The van der Waals surface area contributed by atoms with Crippen LogP contribution in [0.2, 0.25) is 0 Å². The molecule has 3 aromatic rings. The van der Waals surface area contributed by atoms with E-state index in [1.54, 1.807) is 26.2 Å². The van der Waals surface area contributed by atoms with Crippen LogP contribution < -0.4 is 15.4 Å². The van der Waals surface area contributed by atoms with Crippen molar-refractivity contribution in [1.82, 2.24) is 14.9 Å².